The molecule has 21 heavy (non-hydrogen) atoms. The quantitative estimate of drug-likeness (QED) is 0.821. The van der Waals surface area contributed by atoms with Crippen LogP contribution in [-0.4, -0.2) is 35.2 Å². The van der Waals surface area contributed by atoms with Crippen LogP contribution in [0.25, 0.3) is 0 Å². The number of nitrogens with one attached hydrogen (secondary N) is 1. The van der Waals surface area contributed by atoms with Crippen molar-refractivity contribution in [2.75, 3.05) is 6.61 Å². The molecule has 1 heterocycles. The lowest BCUT2D eigenvalue weighted by Crippen LogP contribution is -2.42. The van der Waals surface area contributed by atoms with Crippen LogP contribution in [0.4, 0.5) is 0 Å². The molecule has 8 heteroatoms. The van der Waals surface area contributed by atoms with Gasteiger partial charge in [-0.15, -0.1) is 11.3 Å². The van der Waals surface area contributed by atoms with E-state index in [-0.39, 0.29) is 28.5 Å². The number of carbonyl (C=O) groups is 2. The van der Waals surface area contributed by atoms with Crippen LogP contribution >= 0.6 is 34.5 Å². The minimum absolute atomic E-state index is 0.161. The van der Waals surface area contributed by atoms with Crippen molar-refractivity contribution in [3.63, 3.8) is 0 Å². The minimum atomic E-state index is -1.13. The van der Waals surface area contributed by atoms with Gasteiger partial charge in [0.05, 0.1) is 15.5 Å². The predicted octanol–water partition coefficient (Wildman–Crippen LogP) is 3.44. The lowest BCUT2D eigenvalue weighted by Gasteiger charge is -2.21. The molecule has 0 saturated carbocycles. The Morgan fingerprint density at radius 3 is 2.48 bits per heavy atom. The second-order valence-corrected chi connectivity index (χ2v) is 7.64. The molecular formula is C13H17Cl2NO4S. The number of thiophene rings is 1. The van der Waals surface area contributed by atoms with Crippen LogP contribution in [0, 0.1) is 0 Å². The molecule has 0 aliphatic carbocycles. The van der Waals surface area contributed by atoms with Crippen molar-refractivity contribution in [3.05, 3.63) is 20.3 Å². The minimum Gasteiger partial charge on any atom is -0.480 e. The van der Waals surface area contributed by atoms with Gasteiger partial charge in [0, 0.05) is 13.0 Å². The molecule has 0 saturated heterocycles. The zero-order chi connectivity index (χ0) is 16.2. The Morgan fingerprint density at radius 1 is 1.43 bits per heavy atom. The van der Waals surface area contributed by atoms with Crippen molar-refractivity contribution in [1.29, 1.82) is 0 Å². The molecule has 1 amide bonds. The van der Waals surface area contributed by atoms with E-state index >= 15 is 0 Å². The molecule has 1 aromatic heterocycles. The van der Waals surface area contributed by atoms with Crippen molar-refractivity contribution < 1.29 is 19.4 Å². The van der Waals surface area contributed by atoms with Gasteiger partial charge in [-0.2, -0.15) is 0 Å². The van der Waals surface area contributed by atoms with Gasteiger partial charge in [0.2, 0.25) is 0 Å². The molecule has 1 atom stereocenters. The molecule has 1 unspecified atom stereocenters. The Labute approximate surface area is 137 Å². The predicted molar refractivity (Wildman–Crippen MR) is 83.6 cm³/mol. The van der Waals surface area contributed by atoms with Crippen LogP contribution in [0.15, 0.2) is 6.07 Å². The van der Waals surface area contributed by atoms with Gasteiger partial charge < -0.3 is 15.2 Å². The van der Waals surface area contributed by atoms with Gasteiger partial charge in [-0.25, -0.2) is 4.79 Å². The van der Waals surface area contributed by atoms with Gasteiger partial charge in [-0.05, 0) is 26.8 Å². The van der Waals surface area contributed by atoms with Crippen LogP contribution in [0.3, 0.4) is 0 Å². The summed E-state index contributed by atoms with van der Waals surface area (Å²) < 4.78 is 6.06. The van der Waals surface area contributed by atoms with Crippen LogP contribution in [0.1, 0.15) is 37.6 Å². The fourth-order valence-corrected chi connectivity index (χ4v) is 2.93. The van der Waals surface area contributed by atoms with Crippen LogP contribution in [0.2, 0.25) is 8.67 Å². The number of rotatable bonds is 6. The number of amides is 1. The first kappa shape index (κ1) is 18.2. The third-order valence-corrected chi connectivity index (χ3v) is 3.93. The van der Waals surface area contributed by atoms with Crippen LogP contribution in [0.5, 0.6) is 0 Å². The summed E-state index contributed by atoms with van der Waals surface area (Å²) in [5.41, 5.74) is -0.188. The van der Waals surface area contributed by atoms with Gasteiger partial charge in [0.1, 0.15) is 10.4 Å². The SMILES string of the molecule is CC(C)(C)OCCC(NC(=O)c1cc(Cl)sc1Cl)C(=O)O. The van der Waals surface area contributed by atoms with Crippen molar-refractivity contribution in [2.24, 2.45) is 0 Å². The highest BCUT2D eigenvalue weighted by molar-refractivity contribution is 7.20. The van der Waals surface area contributed by atoms with Crippen molar-refractivity contribution >= 4 is 46.4 Å². The average molecular weight is 354 g/mol. The maximum Gasteiger partial charge on any atom is 0.326 e. The van der Waals surface area contributed by atoms with Crippen LogP contribution in [-0.2, 0) is 9.53 Å². The summed E-state index contributed by atoms with van der Waals surface area (Å²) in [7, 11) is 0. The van der Waals surface area contributed by atoms with E-state index in [1.807, 2.05) is 20.8 Å². The van der Waals surface area contributed by atoms with Gasteiger partial charge in [0.15, 0.2) is 0 Å². The first-order valence-electron chi connectivity index (χ1n) is 6.22. The summed E-state index contributed by atoms with van der Waals surface area (Å²) in [5.74, 6) is -1.69. The fourth-order valence-electron chi connectivity index (χ4n) is 1.47. The highest BCUT2D eigenvalue weighted by atomic mass is 35.5. The van der Waals surface area contributed by atoms with Crippen molar-refractivity contribution in [3.8, 4) is 0 Å². The second kappa shape index (κ2) is 7.45. The van der Waals surface area contributed by atoms with Crippen molar-refractivity contribution in [1.82, 2.24) is 5.32 Å². The Hall–Kier alpha value is -0.820. The van der Waals surface area contributed by atoms with Gasteiger partial charge >= 0.3 is 5.97 Å². The van der Waals surface area contributed by atoms with E-state index in [1.54, 1.807) is 0 Å². The van der Waals surface area contributed by atoms with Crippen LogP contribution < -0.4 is 5.32 Å². The second-order valence-electron chi connectivity index (χ2n) is 5.35. The lowest BCUT2D eigenvalue weighted by atomic mass is 10.1. The molecule has 118 valence electrons. The molecule has 0 radical (unpaired) electrons. The molecule has 0 fully saturated rings. The van der Waals surface area contributed by atoms with Gasteiger partial charge in [-0.1, -0.05) is 23.2 Å². The largest absolute Gasteiger partial charge is 0.480 e. The number of carboxylic acid groups (broad SMARTS) is 1. The number of halogens is 2. The maximum atomic E-state index is 12.0. The van der Waals surface area contributed by atoms with Gasteiger partial charge in [-0.3, -0.25) is 4.79 Å². The Bertz CT molecular complexity index is 525. The van der Waals surface area contributed by atoms with E-state index in [2.05, 4.69) is 5.32 Å². The molecular weight excluding hydrogens is 337 g/mol. The smallest absolute Gasteiger partial charge is 0.326 e. The summed E-state index contributed by atoms with van der Waals surface area (Å²) in [4.78, 5) is 23.2. The highest BCUT2D eigenvalue weighted by Crippen LogP contribution is 2.31. The molecule has 2 N–H and O–H groups in total. The standard InChI is InChI=1S/C13H17Cl2NO4S/c1-13(2,3)20-5-4-8(12(18)19)16-11(17)7-6-9(14)21-10(7)15/h6,8H,4-5H2,1-3H3,(H,16,17)(H,18,19). The normalized spacial score (nSPS) is 13.0. The van der Waals surface area contributed by atoms with E-state index < -0.39 is 17.9 Å². The number of carboxylic acids is 1. The third kappa shape index (κ3) is 6.22. The summed E-state index contributed by atoms with van der Waals surface area (Å²) in [6.45, 7) is 5.83. The number of aliphatic carboxylic acids is 1. The van der Waals surface area contributed by atoms with E-state index in [9.17, 15) is 9.59 Å². The highest BCUT2D eigenvalue weighted by Gasteiger charge is 2.23. The number of hydrogen-bond acceptors (Lipinski definition) is 4. The maximum absolute atomic E-state index is 12.0. The third-order valence-electron chi connectivity index (χ3n) is 2.45. The summed E-state index contributed by atoms with van der Waals surface area (Å²) in [6, 6.07) is 0.364. The van der Waals surface area contributed by atoms with Crippen molar-refractivity contribution in [2.45, 2.75) is 38.8 Å². The zero-order valence-corrected chi connectivity index (χ0v) is 14.2. The van der Waals surface area contributed by atoms with E-state index in [0.717, 1.165) is 11.3 Å². The molecule has 5 nitrogen and oxygen atoms in total. The molecule has 0 aliphatic heterocycles. The van der Waals surface area contributed by atoms with E-state index in [4.69, 9.17) is 33.0 Å². The van der Waals surface area contributed by atoms with E-state index in [0.29, 0.717) is 4.34 Å². The molecule has 1 rings (SSSR count). The molecule has 0 aromatic carbocycles. The first-order chi connectivity index (χ1) is 9.60. The monoisotopic (exact) mass is 353 g/mol. The molecule has 0 aliphatic rings. The molecule has 0 bridgehead atoms. The Kier molecular flexibility index (Phi) is 6.46. The summed E-state index contributed by atoms with van der Waals surface area (Å²) in [6.07, 6.45) is 0.161. The molecule has 0 spiro atoms. The topological polar surface area (TPSA) is 75.6 Å². The first-order valence-corrected chi connectivity index (χ1v) is 7.80. The van der Waals surface area contributed by atoms with E-state index in [1.165, 1.54) is 6.07 Å². The van der Waals surface area contributed by atoms with Gasteiger partial charge in [0.25, 0.3) is 5.91 Å². The zero-order valence-electron chi connectivity index (χ0n) is 11.9. The number of ether oxygens (including phenoxy) is 1. The average Bonchev–Trinajstić information content (AvgIpc) is 2.65. The summed E-state index contributed by atoms with van der Waals surface area (Å²) >= 11 is 12.7. The number of carbonyl (C=O) groups excluding carboxylic acids is 1. The fraction of sp³-hybridized carbons (Fsp3) is 0.538. The number of hydrogen-bond donors (Lipinski definition) is 2. The lowest BCUT2D eigenvalue weighted by molar-refractivity contribution is -0.140. The summed E-state index contributed by atoms with van der Waals surface area (Å²) in [5, 5.41) is 11.6. The molecule has 1 aromatic rings. The Balaban J connectivity index is 2.64. The Morgan fingerprint density at radius 2 is 2.05 bits per heavy atom.